The molecular formula is C66H92N6O2. The minimum atomic E-state index is -0.149. The van der Waals surface area contributed by atoms with Gasteiger partial charge in [0.1, 0.15) is 0 Å². The fraction of sp³-hybridized carbons (Fsp3) is 0.606. The van der Waals surface area contributed by atoms with Gasteiger partial charge in [-0.05, 0) is 59.1 Å². The van der Waals surface area contributed by atoms with Gasteiger partial charge in [0.2, 0.25) is 0 Å². The summed E-state index contributed by atoms with van der Waals surface area (Å²) in [4.78, 5) is 31.0. The first-order chi connectivity index (χ1) is 36.0. The number of unbranched alkanes of at least 4 members (excludes halogenated alkanes) is 26. The minimum absolute atomic E-state index is 0.149. The Bertz CT molecular complexity index is 2840. The van der Waals surface area contributed by atoms with E-state index in [2.05, 4.69) is 102 Å². The third-order valence-corrected chi connectivity index (χ3v) is 15.8. The monoisotopic (exact) mass is 1000 g/mol. The van der Waals surface area contributed by atoms with Crippen molar-refractivity contribution in [3.05, 3.63) is 59.9 Å². The molecular weight excluding hydrogens is 909 g/mol. The van der Waals surface area contributed by atoms with Crippen LogP contribution in [0.2, 0.25) is 0 Å². The molecule has 0 spiro atoms. The van der Waals surface area contributed by atoms with Crippen molar-refractivity contribution in [1.29, 1.82) is 0 Å². The van der Waals surface area contributed by atoms with Crippen molar-refractivity contribution in [2.75, 3.05) is 13.2 Å². The number of ether oxygens (including phenoxy) is 2. The van der Waals surface area contributed by atoms with Gasteiger partial charge in [0.15, 0.2) is 22.8 Å². The molecule has 0 unspecified atom stereocenters. The molecule has 3 aromatic heterocycles. The molecule has 8 aromatic rings. The smallest absolute Gasteiger partial charge is 0.198 e. The van der Waals surface area contributed by atoms with Gasteiger partial charge in [-0.3, -0.25) is 0 Å². The van der Waals surface area contributed by atoms with Crippen LogP contribution in [-0.4, -0.2) is 43.1 Å². The van der Waals surface area contributed by atoms with E-state index in [-0.39, 0.29) is 10.8 Å². The van der Waals surface area contributed by atoms with Crippen molar-refractivity contribution in [3.8, 4) is 11.5 Å². The lowest BCUT2D eigenvalue weighted by molar-refractivity contribution is 0.259. The average molecular weight is 1000 g/mol. The Morgan fingerprint density at radius 2 is 0.608 bits per heavy atom. The van der Waals surface area contributed by atoms with E-state index in [1.165, 1.54) is 178 Å². The second-order valence-corrected chi connectivity index (χ2v) is 24.1. The van der Waals surface area contributed by atoms with Crippen molar-refractivity contribution >= 4 is 76.7 Å². The van der Waals surface area contributed by atoms with Crippen LogP contribution in [0.1, 0.15) is 246 Å². The van der Waals surface area contributed by atoms with E-state index in [1.807, 2.05) is 0 Å². The largest absolute Gasteiger partial charge is 0.490 e. The third-order valence-electron chi connectivity index (χ3n) is 15.8. The number of benzene rings is 5. The summed E-state index contributed by atoms with van der Waals surface area (Å²) in [6, 6.07) is 13.6. The predicted molar refractivity (Wildman–Crippen MR) is 316 cm³/mol. The van der Waals surface area contributed by atoms with Crippen LogP contribution in [0, 0.1) is 0 Å². The Labute approximate surface area is 444 Å². The molecule has 8 rings (SSSR count). The maximum absolute atomic E-state index is 6.71. The first kappa shape index (κ1) is 55.3. The van der Waals surface area contributed by atoms with Crippen molar-refractivity contribution in [2.45, 2.75) is 246 Å². The molecule has 0 aliphatic carbocycles. The van der Waals surface area contributed by atoms with Crippen LogP contribution in [0.3, 0.4) is 0 Å². The summed E-state index contributed by atoms with van der Waals surface area (Å²) >= 11 is 0. The summed E-state index contributed by atoms with van der Waals surface area (Å²) in [6.45, 7) is 19.5. The summed E-state index contributed by atoms with van der Waals surface area (Å²) in [5.74, 6) is 1.53. The van der Waals surface area contributed by atoms with Gasteiger partial charge in [-0.15, -0.1) is 0 Å². The van der Waals surface area contributed by atoms with Gasteiger partial charge in [-0.1, -0.05) is 222 Å². The molecule has 398 valence electrons. The zero-order valence-electron chi connectivity index (χ0n) is 47.3. The van der Waals surface area contributed by atoms with E-state index in [4.69, 9.17) is 29.4 Å². The molecule has 8 heteroatoms. The minimum Gasteiger partial charge on any atom is -0.490 e. The fourth-order valence-corrected chi connectivity index (χ4v) is 11.2. The van der Waals surface area contributed by atoms with Gasteiger partial charge in [0.05, 0.1) is 46.3 Å². The predicted octanol–water partition coefficient (Wildman–Crippen LogP) is 19.9. The Morgan fingerprint density at radius 1 is 0.338 bits per heavy atom. The van der Waals surface area contributed by atoms with Crippen molar-refractivity contribution in [1.82, 2.24) is 29.9 Å². The number of hydrogen-bond donors (Lipinski definition) is 0. The van der Waals surface area contributed by atoms with Gasteiger partial charge in [0, 0.05) is 56.8 Å². The van der Waals surface area contributed by atoms with Crippen LogP contribution >= 0.6 is 0 Å². The summed E-state index contributed by atoms with van der Waals surface area (Å²) in [6.07, 6.45) is 40.7. The average Bonchev–Trinajstić information content (AvgIpc) is 3.40. The van der Waals surface area contributed by atoms with Gasteiger partial charge >= 0.3 is 0 Å². The highest BCUT2D eigenvalue weighted by atomic mass is 16.5. The van der Waals surface area contributed by atoms with Gasteiger partial charge in [0.25, 0.3) is 0 Å². The maximum Gasteiger partial charge on any atom is 0.198 e. The zero-order chi connectivity index (χ0) is 51.9. The third kappa shape index (κ3) is 14.1. The summed E-state index contributed by atoms with van der Waals surface area (Å²) < 4.78 is 13.4. The zero-order valence-corrected chi connectivity index (χ0v) is 47.3. The summed E-state index contributed by atoms with van der Waals surface area (Å²) in [7, 11) is 0. The number of fused-ring (bicyclic) bond motifs is 8. The van der Waals surface area contributed by atoms with Gasteiger partial charge < -0.3 is 9.47 Å². The standard InChI is InChI=1S/C66H92N6O2/c1-9-11-13-15-17-19-21-23-25-27-29-31-33-35-39-73-55-45-53-54(46-56(55)74-40-36-34-32-30-28-26-24-22-20-18-16-14-12-10-2)70-60-50-42-48(66(6,7)8)44-52-58(50)57-49(59(60)69-53)41-47(65(3,4)5)43-51(57)61-62(52)72-64-63(71-61)67-37-38-68-64/h37-38,41-46H,9-36,39-40H2,1-8H3. The van der Waals surface area contributed by atoms with Crippen molar-refractivity contribution < 1.29 is 9.47 Å². The van der Waals surface area contributed by atoms with E-state index in [0.29, 0.717) is 24.5 Å². The van der Waals surface area contributed by atoms with E-state index >= 15 is 0 Å². The summed E-state index contributed by atoms with van der Waals surface area (Å²) in [5.41, 5.74) is 8.26. The van der Waals surface area contributed by atoms with Crippen LogP contribution in [0.25, 0.3) is 76.7 Å². The van der Waals surface area contributed by atoms with Crippen LogP contribution in [0.4, 0.5) is 0 Å². The molecule has 74 heavy (non-hydrogen) atoms. The summed E-state index contributed by atoms with van der Waals surface area (Å²) in [5, 5.41) is 6.52. The molecule has 0 aliphatic heterocycles. The Morgan fingerprint density at radius 3 is 0.892 bits per heavy atom. The molecule has 0 bridgehead atoms. The number of rotatable bonds is 32. The molecule has 0 saturated carbocycles. The second-order valence-electron chi connectivity index (χ2n) is 24.1. The molecule has 0 aliphatic rings. The number of hydrogen-bond acceptors (Lipinski definition) is 8. The van der Waals surface area contributed by atoms with Crippen LogP contribution in [0.5, 0.6) is 11.5 Å². The molecule has 0 amide bonds. The highest BCUT2D eigenvalue weighted by Gasteiger charge is 2.27. The molecule has 0 atom stereocenters. The van der Waals surface area contributed by atoms with Crippen LogP contribution in [0.15, 0.2) is 48.8 Å². The van der Waals surface area contributed by atoms with E-state index < -0.39 is 0 Å². The second kappa shape index (κ2) is 26.7. The Kier molecular flexibility index (Phi) is 19.9. The lowest BCUT2D eigenvalue weighted by Gasteiger charge is -2.25. The SMILES string of the molecule is CCCCCCCCCCCCCCCCOc1cc2nc3c4cc(C(C)(C)C)cc5c6nc7nccnc7nc6c6cc(C(C)(C)C)cc(c3nc2cc1OCCCCCCCCCCCCCCCC)c6c45. The molecule has 0 fully saturated rings. The molecule has 0 N–H and O–H groups in total. The highest BCUT2D eigenvalue weighted by Crippen LogP contribution is 2.47. The van der Waals surface area contributed by atoms with Crippen molar-refractivity contribution in [2.24, 2.45) is 0 Å². The first-order valence-corrected chi connectivity index (χ1v) is 29.9. The van der Waals surface area contributed by atoms with E-state index in [0.717, 1.165) is 89.8 Å². The highest BCUT2D eigenvalue weighted by molar-refractivity contribution is 6.38. The van der Waals surface area contributed by atoms with Crippen molar-refractivity contribution in [3.63, 3.8) is 0 Å². The van der Waals surface area contributed by atoms with Gasteiger partial charge in [-0.25, -0.2) is 29.9 Å². The normalized spacial score (nSPS) is 12.6. The topological polar surface area (TPSA) is 95.8 Å². The fourth-order valence-electron chi connectivity index (χ4n) is 11.2. The Hall–Kier alpha value is -4.98. The van der Waals surface area contributed by atoms with E-state index in [1.54, 1.807) is 12.4 Å². The molecule has 8 nitrogen and oxygen atoms in total. The van der Waals surface area contributed by atoms with E-state index in [9.17, 15) is 0 Å². The van der Waals surface area contributed by atoms with Crippen LogP contribution < -0.4 is 9.47 Å². The Balaban J connectivity index is 1.06. The number of aromatic nitrogens is 6. The molecule has 0 radical (unpaired) electrons. The molecule has 3 heterocycles. The van der Waals surface area contributed by atoms with Gasteiger partial charge in [-0.2, -0.15) is 0 Å². The first-order valence-electron chi connectivity index (χ1n) is 29.9. The van der Waals surface area contributed by atoms with Crippen LogP contribution in [-0.2, 0) is 10.8 Å². The lowest BCUT2D eigenvalue weighted by Crippen LogP contribution is -2.12. The molecule has 0 saturated heterocycles. The maximum atomic E-state index is 6.71. The molecule has 5 aromatic carbocycles. The lowest BCUT2D eigenvalue weighted by atomic mass is 9.80. The number of nitrogens with zero attached hydrogens (tertiary/aromatic N) is 6. The quantitative estimate of drug-likeness (QED) is 0.0234.